The predicted molar refractivity (Wildman–Crippen MR) is 134 cm³/mol. The smallest absolute Gasteiger partial charge is 0.251 e. The van der Waals surface area contributed by atoms with Crippen molar-refractivity contribution in [2.45, 2.75) is 38.3 Å². The number of rotatable bonds is 8. The van der Waals surface area contributed by atoms with Crippen LogP contribution in [0.25, 0.3) is 0 Å². The van der Waals surface area contributed by atoms with Gasteiger partial charge in [0.1, 0.15) is 0 Å². The second-order valence-electron chi connectivity index (χ2n) is 9.13. The van der Waals surface area contributed by atoms with Crippen molar-refractivity contribution >= 4 is 11.6 Å². The lowest BCUT2D eigenvalue weighted by molar-refractivity contribution is 0.0905. The zero-order valence-electron chi connectivity index (χ0n) is 20.8. The molecule has 7 heteroatoms. The van der Waals surface area contributed by atoms with Gasteiger partial charge in [-0.1, -0.05) is 12.1 Å². The summed E-state index contributed by atoms with van der Waals surface area (Å²) in [5, 5.41) is 2.96. The number of likely N-dealkylation sites (N-methyl/N-ethyl adjacent to an activating group) is 1. The Kier molecular flexibility index (Phi) is 7.54. The molecule has 3 atom stereocenters. The lowest BCUT2D eigenvalue weighted by Gasteiger charge is -2.39. The van der Waals surface area contributed by atoms with Gasteiger partial charge in [-0.05, 0) is 63.7 Å². The standard InChI is InChI=1S/C27H35N3O4/c1-6-34-25-13-20-21(14-24(25)33-5)26(29-23-11-12-30(3)15-22(20)23)18-7-9-19(10-8-18)27(31)28-17(2)16-32-4/h7-10,13-14,17,22-23H,6,11-12,15-16H2,1-5H3,(H,28,31)/t17-,22+,23+/m0/s1. The molecular weight excluding hydrogens is 430 g/mol. The quantitative estimate of drug-likeness (QED) is 0.646. The highest BCUT2D eigenvalue weighted by Crippen LogP contribution is 2.42. The third-order valence-electron chi connectivity index (χ3n) is 6.58. The van der Waals surface area contributed by atoms with Crippen LogP contribution < -0.4 is 14.8 Å². The molecule has 0 aliphatic carbocycles. The van der Waals surface area contributed by atoms with Crippen molar-refractivity contribution in [2.24, 2.45) is 4.99 Å². The Morgan fingerprint density at radius 1 is 1.21 bits per heavy atom. The molecule has 0 bridgehead atoms. The van der Waals surface area contributed by atoms with Crippen LogP contribution in [-0.4, -0.2) is 76.2 Å². The number of hydrogen-bond acceptors (Lipinski definition) is 6. The summed E-state index contributed by atoms with van der Waals surface area (Å²) in [5.74, 6) is 1.68. The number of piperidine rings is 1. The summed E-state index contributed by atoms with van der Waals surface area (Å²) in [6, 6.07) is 12.0. The van der Waals surface area contributed by atoms with Gasteiger partial charge in [-0.25, -0.2) is 0 Å². The van der Waals surface area contributed by atoms with E-state index in [-0.39, 0.29) is 18.0 Å². The number of aliphatic imine (C=N–C) groups is 1. The van der Waals surface area contributed by atoms with Gasteiger partial charge in [0, 0.05) is 42.3 Å². The van der Waals surface area contributed by atoms with E-state index in [1.165, 1.54) is 5.56 Å². The predicted octanol–water partition coefficient (Wildman–Crippen LogP) is 3.50. The number of amides is 1. The summed E-state index contributed by atoms with van der Waals surface area (Å²) < 4.78 is 16.7. The average Bonchev–Trinajstić information content (AvgIpc) is 2.83. The van der Waals surface area contributed by atoms with Crippen LogP contribution in [0.2, 0.25) is 0 Å². The molecule has 0 aromatic heterocycles. The first-order valence-electron chi connectivity index (χ1n) is 12.0. The first-order chi connectivity index (χ1) is 16.4. The molecule has 2 aromatic rings. The number of benzene rings is 2. The van der Waals surface area contributed by atoms with Gasteiger partial charge in [-0.2, -0.15) is 0 Å². The fraction of sp³-hybridized carbons (Fsp3) is 0.481. The largest absolute Gasteiger partial charge is 0.493 e. The van der Waals surface area contributed by atoms with Crippen LogP contribution in [0.4, 0.5) is 0 Å². The third-order valence-corrected chi connectivity index (χ3v) is 6.58. The van der Waals surface area contributed by atoms with Crippen LogP contribution >= 0.6 is 0 Å². The van der Waals surface area contributed by atoms with Gasteiger partial charge in [0.05, 0.1) is 32.1 Å². The molecule has 2 aromatic carbocycles. The Morgan fingerprint density at radius 3 is 2.65 bits per heavy atom. The Bertz CT molecular complexity index is 1050. The van der Waals surface area contributed by atoms with Gasteiger partial charge in [0.15, 0.2) is 11.5 Å². The van der Waals surface area contributed by atoms with E-state index in [1.54, 1.807) is 14.2 Å². The summed E-state index contributed by atoms with van der Waals surface area (Å²) in [4.78, 5) is 20.2. The Hall–Kier alpha value is -2.90. The lowest BCUT2D eigenvalue weighted by Crippen LogP contribution is -2.41. The zero-order valence-corrected chi connectivity index (χ0v) is 20.8. The number of carbonyl (C=O) groups excluding carboxylic acids is 1. The molecule has 0 spiro atoms. The maximum absolute atomic E-state index is 12.6. The number of likely N-dealkylation sites (tertiary alicyclic amines) is 1. The topological polar surface area (TPSA) is 72.4 Å². The van der Waals surface area contributed by atoms with E-state index in [2.05, 4.69) is 29.4 Å². The summed E-state index contributed by atoms with van der Waals surface area (Å²) in [7, 11) is 5.46. The number of ether oxygens (including phenoxy) is 3. The molecule has 0 unspecified atom stereocenters. The molecule has 1 saturated heterocycles. The minimum absolute atomic E-state index is 0.0554. The molecule has 4 rings (SSSR count). The summed E-state index contributed by atoms with van der Waals surface area (Å²) in [6.45, 7) is 6.95. The van der Waals surface area contributed by atoms with Gasteiger partial charge in [-0.3, -0.25) is 9.79 Å². The van der Waals surface area contributed by atoms with E-state index in [4.69, 9.17) is 19.2 Å². The molecule has 2 heterocycles. The molecule has 0 saturated carbocycles. The fourth-order valence-electron chi connectivity index (χ4n) is 4.92. The maximum atomic E-state index is 12.6. The molecule has 1 N–H and O–H groups in total. The summed E-state index contributed by atoms with van der Waals surface area (Å²) in [6.07, 6.45) is 1.01. The normalized spacial score (nSPS) is 20.6. The van der Waals surface area contributed by atoms with E-state index in [0.29, 0.717) is 30.4 Å². The minimum atomic E-state index is -0.111. The Balaban J connectivity index is 1.70. The molecular formula is C27H35N3O4. The van der Waals surface area contributed by atoms with E-state index in [9.17, 15) is 4.79 Å². The van der Waals surface area contributed by atoms with Crippen molar-refractivity contribution in [1.29, 1.82) is 0 Å². The van der Waals surface area contributed by atoms with Crippen LogP contribution in [0, 0.1) is 0 Å². The van der Waals surface area contributed by atoms with Crippen LogP contribution in [0.5, 0.6) is 11.5 Å². The molecule has 182 valence electrons. The number of nitrogens with zero attached hydrogens (tertiary/aromatic N) is 2. The monoisotopic (exact) mass is 465 g/mol. The van der Waals surface area contributed by atoms with E-state index < -0.39 is 0 Å². The molecule has 2 aliphatic rings. The van der Waals surface area contributed by atoms with E-state index in [1.807, 2.05) is 38.1 Å². The van der Waals surface area contributed by atoms with E-state index >= 15 is 0 Å². The minimum Gasteiger partial charge on any atom is -0.493 e. The highest BCUT2D eigenvalue weighted by molar-refractivity contribution is 6.15. The van der Waals surface area contributed by atoms with Crippen LogP contribution in [0.1, 0.15) is 53.2 Å². The van der Waals surface area contributed by atoms with Gasteiger partial charge >= 0.3 is 0 Å². The second-order valence-corrected chi connectivity index (χ2v) is 9.13. The molecule has 34 heavy (non-hydrogen) atoms. The van der Waals surface area contributed by atoms with Crippen molar-refractivity contribution in [3.63, 3.8) is 0 Å². The average molecular weight is 466 g/mol. The fourth-order valence-corrected chi connectivity index (χ4v) is 4.92. The van der Waals surface area contributed by atoms with Crippen molar-refractivity contribution in [3.8, 4) is 11.5 Å². The van der Waals surface area contributed by atoms with Crippen LogP contribution in [0.3, 0.4) is 0 Å². The molecule has 2 aliphatic heterocycles. The van der Waals surface area contributed by atoms with Gasteiger partial charge in [0.25, 0.3) is 5.91 Å². The van der Waals surface area contributed by atoms with Gasteiger partial charge in [0.2, 0.25) is 0 Å². The third kappa shape index (κ3) is 4.95. The lowest BCUT2D eigenvalue weighted by atomic mass is 9.79. The molecule has 7 nitrogen and oxygen atoms in total. The number of hydrogen-bond donors (Lipinski definition) is 1. The van der Waals surface area contributed by atoms with Gasteiger partial charge in [-0.15, -0.1) is 0 Å². The Labute approximate surface area is 202 Å². The highest BCUT2D eigenvalue weighted by Gasteiger charge is 2.36. The number of carbonyl (C=O) groups is 1. The van der Waals surface area contributed by atoms with Crippen LogP contribution in [-0.2, 0) is 4.74 Å². The highest BCUT2D eigenvalue weighted by atomic mass is 16.5. The second kappa shape index (κ2) is 10.6. The molecule has 1 fully saturated rings. The zero-order chi connectivity index (χ0) is 24.2. The molecule has 0 radical (unpaired) electrons. The number of fused-ring (bicyclic) bond motifs is 3. The first kappa shape index (κ1) is 24.2. The summed E-state index contributed by atoms with van der Waals surface area (Å²) in [5.41, 5.74) is 4.88. The van der Waals surface area contributed by atoms with Gasteiger partial charge < -0.3 is 24.4 Å². The van der Waals surface area contributed by atoms with Crippen molar-refractivity contribution in [1.82, 2.24) is 10.2 Å². The van der Waals surface area contributed by atoms with Crippen molar-refractivity contribution < 1.29 is 19.0 Å². The SMILES string of the molecule is CCOc1cc2c(cc1OC)C(c1ccc(C(=O)N[C@@H](C)COC)cc1)=N[C@@H]1CCN(C)C[C@H]21. The first-order valence-corrected chi connectivity index (χ1v) is 12.0. The number of methoxy groups -OCH3 is 2. The number of nitrogens with one attached hydrogen (secondary N) is 1. The maximum Gasteiger partial charge on any atom is 0.251 e. The van der Waals surface area contributed by atoms with Crippen molar-refractivity contribution in [2.75, 3.05) is 47.6 Å². The van der Waals surface area contributed by atoms with E-state index in [0.717, 1.165) is 42.1 Å². The molecule has 1 amide bonds. The Morgan fingerprint density at radius 2 is 1.97 bits per heavy atom. The summed E-state index contributed by atoms with van der Waals surface area (Å²) >= 11 is 0. The van der Waals surface area contributed by atoms with Crippen molar-refractivity contribution in [3.05, 3.63) is 58.7 Å². The van der Waals surface area contributed by atoms with Crippen LogP contribution in [0.15, 0.2) is 41.4 Å².